The second kappa shape index (κ2) is 11.2. The minimum atomic E-state index is -3.08. The van der Waals surface area contributed by atoms with Crippen molar-refractivity contribution in [1.29, 1.82) is 0 Å². The predicted octanol–water partition coefficient (Wildman–Crippen LogP) is 8.62. The van der Waals surface area contributed by atoms with Crippen molar-refractivity contribution in [3.8, 4) is 0 Å². The van der Waals surface area contributed by atoms with Gasteiger partial charge >= 0.3 is 0 Å². The molecule has 35 heavy (non-hydrogen) atoms. The quantitative estimate of drug-likeness (QED) is 0.217. The Morgan fingerprint density at radius 3 is 1.74 bits per heavy atom. The number of hydrogen-bond donors (Lipinski definition) is 0. The van der Waals surface area contributed by atoms with Crippen LogP contribution in [-0.4, -0.2) is 11.3 Å². The average Bonchev–Trinajstić information content (AvgIpc) is 2.81. The molecule has 0 amide bonds. The van der Waals surface area contributed by atoms with Gasteiger partial charge in [-0.05, 0) is 46.6 Å². The van der Waals surface area contributed by atoms with E-state index in [0.717, 1.165) is 11.1 Å². The molecule has 3 aromatic carbocycles. The van der Waals surface area contributed by atoms with Gasteiger partial charge in [0, 0.05) is 16.4 Å². The van der Waals surface area contributed by atoms with E-state index in [4.69, 9.17) is 23.2 Å². The summed E-state index contributed by atoms with van der Waals surface area (Å²) < 4.78 is 14.1. The number of carbonyl (C=O) groups is 2. The molecule has 0 spiro atoms. The van der Waals surface area contributed by atoms with Crippen LogP contribution in [0.2, 0.25) is 10.0 Å². The normalized spacial score (nSPS) is 12.4. The van der Waals surface area contributed by atoms with Crippen molar-refractivity contribution in [2.75, 3.05) is 0 Å². The van der Waals surface area contributed by atoms with Gasteiger partial charge in [0.15, 0.2) is 13.6 Å². The Kier molecular flexibility index (Phi) is 8.81. The fourth-order valence-electron chi connectivity index (χ4n) is 4.42. The molecule has 3 aromatic rings. The molecule has 0 aromatic heterocycles. The molecule has 0 aliphatic carbocycles. The molecular weight excluding hydrogens is 498 g/mol. The molecule has 0 aliphatic rings. The Balaban J connectivity index is 2.40. The van der Waals surface area contributed by atoms with Crippen molar-refractivity contribution in [2.45, 2.75) is 59.3 Å². The van der Waals surface area contributed by atoms with Crippen LogP contribution in [0.3, 0.4) is 0 Å². The van der Waals surface area contributed by atoms with Gasteiger partial charge in [0.05, 0.1) is 15.6 Å². The molecule has 0 aliphatic heterocycles. The number of ketones is 1. The van der Waals surface area contributed by atoms with Crippen molar-refractivity contribution in [2.24, 2.45) is 0 Å². The highest BCUT2D eigenvalue weighted by molar-refractivity contribution is 7.71. The van der Waals surface area contributed by atoms with E-state index < -0.39 is 13.3 Å². The molecule has 1 unspecified atom stereocenters. The fourth-order valence-corrected chi connectivity index (χ4v) is 7.15. The van der Waals surface area contributed by atoms with Crippen LogP contribution in [0.4, 0.5) is 0 Å². The van der Waals surface area contributed by atoms with E-state index in [1.54, 1.807) is 30.3 Å². The van der Waals surface area contributed by atoms with Gasteiger partial charge in [-0.25, -0.2) is 0 Å². The Labute approximate surface area is 218 Å². The third-order valence-corrected chi connectivity index (χ3v) is 8.44. The van der Waals surface area contributed by atoms with Crippen LogP contribution in [0.15, 0.2) is 54.6 Å². The molecule has 0 fully saturated rings. The SMILES string of the molecule is CC(C)c1cc(C(C)C)c([PH](=O)C(=O)c2c(Cl)cccc2Cl)c(C(C)C)c1C(=O)c1ccccc1. The maximum atomic E-state index is 14.1. The maximum Gasteiger partial charge on any atom is 0.225 e. The zero-order chi connectivity index (χ0) is 26.0. The first kappa shape index (κ1) is 27.4. The first-order valence-electron chi connectivity index (χ1n) is 11.8. The molecular formula is C29H31Cl2O3P. The van der Waals surface area contributed by atoms with E-state index in [9.17, 15) is 14.2 Å². The molecule has 1 atom stereocenters. The van der Waals surface area contributed by atoms with Crippen LogP contribution in [0, 0.1) is 0 Å². The average molecular weight is 529 g/mol. The van der Waals surface area contributed by atoms with Crippen LogP contribution < -0.4 is 5.30 Å². The Morgan fingerprint density at radius 1 is 0.714 bits per heavy atom. The van der Waals surface area contributed by atoms with Crippen LogP contribution in [-0.2, 0) is 4.57 Å². The molecule has 0 bridgehead atoms. The molecule has 0 N–H and O–H groups in total. The summed E-state index contributed by atoms with van der Waals surface area (Å²) in [5, 5.41) is 0.791. The third kappa shape index (κ3) is 5.48. The monoisotopic (exact) mass is 528 g/mol. The lowest BCUT2D eigenvalue weighted by Gasteiger charge is -2.26. The third-order valence-electron chi connectivity index (χ3n) is 6.13. The first-order valence-corrected chi connectivity index (χ1v) is 14.0. The summed E-state index contributed by atoms with van der Waals surface area (Å²) in [6, 6.07) is 15.8. The summed E-state index contributed by atoms with van der Waals surface area (Å²) >= 11 is 12.6. The van der Waals surface area contributed by atoms with Gasteiger partial charge in [0.1, 0.15) is 0 Å². The minimum absolute atomic E-state index is 0.00987. The van der Waals surface area contributed by atoms with E-state index >= 15 is 0 Å². The highest BCUT2D eigenvalue weighted by atomic mass is 35.5. The second-order valence-electron chi connectivity index (χ2n) is 9.63. The van der Waals surface area contributed by atoms with Gasteiger partial charge in [0.2, 0.25) is 5.52 Å². The maximum absolute atomic E-state index is 14.1. The standard InChI is InChI=1S/C29H31Cl2O3P/c1-16(2)20-15-21(17(3)4)28(35(34)29(33)26-22(30)13-10-14-23(26)31)24(18(5)6)25(20)27(32)19-11-8-7-9-12-19/h7-18,35H,1-6H3. The van der Waals surface area contributed by atoms with E-state index in [2.05, 4.69) is 0 Å². The van der Waals surface area contributed by atoms with Crippen LogP contribution >= 0.6 is 31.0 Å². The summed E-state index contributed by atoms with van der Waals surface area (Å²) in [5.74, 6) is -0.234. The minimum Gasteiger partial charge on any atom is -0.313 e. The second-order valence-corrected chi connectivity index (χ2v) is 12.1. The first-order chi connectivity index (χ1) is 16.5. The molecule has 0 radical (unpaired) electrons. The van der Waals surface area contributed by atoms with Crippen molar-refractivity contribution >= 4 is 47.6 Å². The number of rotatable bonds is 8. The smallest absolute Gasteiger partial charge is 0.225 e. The Bertz CT molecular complexity index is 1270. The van der Waals surface area contributed by atoms with Gasteiger partial charge in [-0.15, -0.1) is 0 Å². The van der Waals surface area contributed by atoms with Crippen molar-refractivity contribution in [3.05, 3.63) is 98.0 Å². The lowest BCUT2D eigenvalue weighted by molar-refractivity contribution is 0.103. The molecule has 6 heteroatoms. The molecule has 184 valence electrons. The summed E-state index contributed by atoms with van der Waals surface area (Å²) in [7, 11) is -3.08. The molecule has 0 saturated heterocycles. The number of benzene rings is 3. The molecule has 0 saturated carbocycles. The molecule has 0 heterocycles. The van der Waals surface area contributed by atoms with E-state index in [-0.39, 0.29) is 39.1 Å². The summed E-state index contributed by atoms with van der Waals surface area (Å²) in [6.07, 6.45) is 0. The van der Waals surface area contributed by atoms with Crippen molar-refractivity contribution in [3.63, 3.8) is 0 Å². The number of hydrogen-bond acceptors (Lipinski definition) is 3. The Morgan fingerprint density at radius 2 is 1.26 bits per heavy atom. The molecule has 3 nitrogen and oxygen atoms in total. The van der Waals surface area contributed by atoms with Gasteiger partial charge in [-0.2, -0.15) is 0 Å². The van der Waals surface area contributed by atoms with Gasteiger partial charge in [0.25, 0.3) is 0 Å². The van der Waals surface area contributed by atoms with Crippen LogP contribution in [0.5, 0.6) is 0 Å². The molecule has 3 rings (SSSR count). The van der Waals surface area contributed by atoms with Gasteiger partial charge in [-0.3, -0.25) is 9.59 Å². The van der Waals surface area contributed by atoms with Gasteiger partial charge in [-0.1, -0.05) is 107 Å². The fraction of sp³-hybridized carbons (Fsp3) is 0.310. The lowest BCUT2D eigenvalue weighted by atomic mass is 9.81. The van der Waals surface area contributed by atoms with Crippen molar-refractivity contribution < 1.29 is 14.2 Å². The predicted molar refractivity (Wildman–Crippen MR) is 148 cm³/mol. The van der Waals surface area contributed by atoms with E-state index in [0.29, 0.717) is 22.0 Å². The highest BCUT2D eigenvalue weighted by Gasteiger charge is 2.32. The summed E-state index contributed by atoms with van der Waals surface area (Å²) in [6.45, 7) is 12.0. The van der Waals surface area contributed by atoms with Crippen LogP contribution in [0.1, 0.15) is 102 Å². The van der Waals surface area contributed by atoms with E-state index in [1.165, 1.54) is 0 Å². The lowest BCUT2D eigenvalue weighted by Crippen LogP contribution is -2.24. The summed E-state index contributed by atoms with van der Waals surface area (Å²) in [5.41, 5.74) is 2.96. The van der Waals surface area contributed by atoms with Crippen molar-refractivity contribution in [1.82, 2.24) is 0 Å². The zero-order valence-corrected chi connectivity index (χ0v) is 23.4. The van der Waals surface area contributed by atoms with E-state index in [1.807, 2.05) is 65.8 Å². The number of halogens is 2. The summed E-state index contributed by atoms with van der Waals surface area (Å²) in [4.78, 5) is 27.5. The highest BCUT2D eigenvalue weighted by Crippen LogP contribution is 2.41. The largest absolute Gasteiger partial charge is 0.313 e. The number of carbonyl (C=O) groups excluding carboxylic acids is 2. The Hall–Kier alpha value is -2.19. The topological polar surface area (TPSA) is 51.2 Å². The zero-order valence-electron chi connectivity index (χ0n) is 20.9. The van der Waals surface area contributed by atoms with Crippen LogP contribution in [0.25, 0.3) is 0 Å². The van der Waals surface area contributed by atoms with Gasteiger partial charge < -0.3 is 4.57 Å².